The summed E-state index contributed by atoms with van der Waals surface area (Å²) in [5.41, 5.74) is 3.41. The van der Waals surface area contributed by atoms with Crippen LogP contribution in [-0.2, 0) is 11.3 Å². The van der Waals surface area contributed by atoms with E-state index in [2.05, 4.69) is 38.1 Å². The topological polar surface area (TPSA) is 35.2 Å². The van der Waals surface area contributed by atoms with Crippen molar-refractivity contribution in [3.63, 3.8) is 0 Å². The first kappa shape index (κ1) is 13.6. The molecule has 1 aliphatic rings. The van der Waals surface area contributed by atoms with Crippen LogP contribution in [0.4, 0.5) is 0 Å². The number of rotatable bonds is 4. The smallest absolute Gasteiger partial charge is 0.0719 e. The molecule has 18 heavy (non-hydrogen) atoms. The molecule has 1 aromatic rings. The molecular formula is C16H25NO. The minimum Gasteiger partial charge on any atom is -0.304 e. The SMILES string of the molecule is CC1(C)CCCC(c2ccccc2CCON)C1. The van der Waals surface area contributed by atoms with E-state index in [1.165, 1.54) is 36.8 Å². The lowest BCUT2D eigenvalue weighted by molar-refractivity contribution is 0.141. The van der Waals surface area contributed by atoms with Crippen LogP contribution in [0.1, 0.15) is 56.6 Å². The van der Waals surface area contributed by atoms with Crippen molar-refractivity contribution in [3.05, 3.63) is 35.4 Å². The lowest BCUT2D eigenvalue weighted by Crippen LogP contribution is -2.22. The van der Waals surface area contributed by atoms with E-state index in [0.29, 0.717) is 17.9 Å². The van der Waals surface area contributed by atoms with Gasteiger partial charge in [-0.15, -0.1) is 0 Å². The Morgan fingerprint density at radius 1 is 1.33 bits per heavy atom. The van der Waals surface area contributed by atoms with Gasteiger partial charge in [-0.3, -0.25) is 0 Å². The third-order valence-electron chi connectivity index (χ3n) is 4.19. The maximum Gasteiger partial charge on any atom is 0.0719 e. The van der Waals surface area contributed by atoms with Gasteiger partial charge in [0.1, 0.15) is 0 Å². The van der Waals surface area contributed by atoms with E-state index < -0.39 is 0 Å². The highest BCUT2D eigenvalue weighted by Gasteiger charge is 2.29. The van der Waals surface area contributed by atoms with E-state index in [1.54, 1.807) is 0 Å². The molecule has 100 valence electrons. The van der Waals surface area contributed by atoms with Gasteiger partial charge < -0.3 is 4.84 Å². The zero-order valence-corrected chi connectivity index (χ0v) is 11.6. The summed E-state index contributed by atoms with van der Waals surface area (Å²) in [6.45, 7) is 5.39. The fourth-order valence-corrected chi connectivity index (χ4v) is 3.29. The molecule has 1 saturated carbocycles. The second-order valence-corrected chi connectivity index (χ2v) is 6.28. The Morgan fingerprint density at radius 3 is 2.83 bits per heavy atom. The minimum atomic E-state index is 0.487. The van der Waals surface area contributed by atoms with Gasteiger partial charge in [-0.2, -0.15) is 0 Å². The molecule has 2 nitrogen and oxygen atoms in total. The first-order valence-electron chi connectivity index (χ1n) is 7.02. The van der Waals surface area contributed by atoms with Gasteiger partial charge in [-0.05, 0) is 48.1 Å². The van der Waals surface area contributed by atoms with Crippen LogP contribution in [0.15, 0.2) is 24.3 Å². The van der Waals surface area contributed by atoms with Crippen molar-refractivity contribution in [2.24, 2.45) is 11.3 Å². The first-order valence-corrected chi connectivity index (χ1v) is 7.02. The molecule has 1 aromatic carbocycles. The Kier molecular flexibility index (Phi) is 4.41. The van der Waals surface area contributed by atoms with Gasteiger partial charge in [0.2, 0.25) is 0 Å². The van der Waals surface area contributed by atoms with E-state index in [0.717, 1.165) is 6.42 Å². The quantitative estimate of drug-likeness (QED) is 0.821. The van der Waals surface area contributed by atoms with Crippen LogP contribution in [0.25, 0.3) is 0 Å². The van der Waals surface area contributed by atoms with Crippen LogP contribution < -0.4 is 5.90 Å². The van der Waals surface area contributed by atoms with Gasteiger partial charge in [0.15, 0.2) is 0 Å². The fraction of sp³-hybridized carbons (Fsp3) is 0.625. The number of benzene rings is 1. The summed E-state index contributed by atoms with van der Waals surface area (Å²) >= 11 is 0. The van der Waals surface area contributed by atoms with Crippen molar-refractivity contribution in [3.8, 4) is 0 Å². The molecule has 0 aromatic heterocycles. The van der Waals surface area contributed by atoms with Crippen molar-refractivity contribution in [1.29, 1.82) is 0 Å². The van der Waals surface area contributed by atoms with Crippen LogP contribution in [0.3, 0.4) is 0 Å². The second kappa shape index (κ2) is 5.85. The summed E-state index contributed by atoms with van der Waals surface area (Å²) in [7, 11) is 0. The third-order valence-corrected chi connectivity index (χ3v) is 4.19. The predicted octanol–water partition coefficient (Wildman–Crippen LogP) is 3.80. The Morgan fingerprint density at radius 2 is 2.11 bits per heavy atom. The molecule has 1 unspecified atom stereocenters. The van der Waals surface area contributed by atoms with E-state index in [4.69, 9.17) is 10.7 Å². The minimum absolute atomic E-state index is 0.487. The molecule has 0 aliphatic heterocycles. The summed E-state index contributed by atoms with van der Waals surface area (Å²) in [6.07, 6.45) is 6.25. The van der Waals surface area contributed by atoms with Crippen LogP contribution in [0.2, 0.25) is 0 Å². The molecule has 0 heterocycles. The number of hydrogen-bond donors (Lipinski definition) is 1. The van der Waals surface area contributed by atoms with Crippen molar-refractivity contribution in [1.82, 2.24) is 0 Å². The van der Waals surface area contributed by atoms with Crippen LogP contribution >= 0.6 is 0 Å². The van der Waals surface area contributed by atoms with Gasteiger partial charge in [-0.1, -0.05) is 44.5 Å². The van der Waals surface area contributed by atoms with Gasteiger partial charge in [-0.25, -0.2) is 5.90 Å². The Labute approximate surface area is 110 Å². The highest BCUT2D eigenvalue weighted by Crippen LogP contribution is 2.44. The normalized spacial score (nSPS) is 22.9. The lowest BCUT2D eigenvalue weighted by atomic mass is 9.69. The van der Waals surface area contributed by atoms with E-state index >= 15 is 0 Å². The molecule has 2 heteroatoms. The number of hydrogen-bond acceptors (Lipinski definition) is 2. The summed E-state index contributed by atoms with van der Waals surface area (Å²) < 4.78 is 0. The number of nitrogens with two attached hydrogens (primary N) is 1. The maximum absolute atomic E-state index is 5.15. The molecule has 0 saturated heterocycles. The van der Waals surface area contributed by atoms with E-state index in [1.807, 2.05) is 0 Å². The maximum atomic E-state index is 5.15. The van der Waals surface area contributed by atoms with Gasteiger partial charge in [0.05, 0.1) is 6.61 Å². The fourth-order valence-electron chi connectivity index (χ4n) is 3.29. The Balaban J connectivity index is 2.16. The molecule has 0 radical (unpaired) electrons. The van der Waals surface area contributed by atoms with Gasteiger partial charge >= 0.3 is 0 Å². The first-order chi connectivity index (χ1) is 8.62. The van der Waals surface area contributed by atoms with Gasteiger partial charge in [0.25, 0.3) is 0 Å². The van der Waals surface area contributed by atoms with Crippen molar-refractivity contribution in [2.45, 2.75) is 51.9 Å². The van der Waals surface area contributed by atoms with Crippen LogP contribution in [0, 0.1) is 5.41 Å². The molecule has 2 rings (SSSR count). The van der Waals surface area contributed by atoms with Crippen LogP contribution in [0.5, 0.6) is 0 Å². The Hall–Kier alpha value is -0.860. The van der Waals surface area contributed by atoms with Crippen molar-refractivity contribution in [2.75, 3.05) is 6.61 Å². The van der Waals surface area contributed by atoms with E-state index in [9.17, 15) is 0 Å². The van der Waals surface area contributed by atoms with Crippen molar-refractivity contribution < 1.29 is 4.84 Å². The molecule has 1 atom stereocenters. The largest absolute Gasteiger partial charge is 0.304 e. The summed E-state index contributed by atoms with van der Waals surface area (Å²) in [6, 6.07) is 8.78. The zero-order chi connectivity index (χ0) is 13.0. The predicted molar refractivity (Wildman–Crippen MR) is 75.3 cm³/mol. The summed E-state index contributed by atoms with van der Waals surface area (Å²) in [4.78, 5) is 4.73. The summed E-state index contributed by atoms with van der Waals surface area (Å²) in [5, 5.41) is 0. The highest BCUT2D eigenvalue weighted by molar-refractivity contribution is 5.31. The molecule has 1 aliphatic carbocycles. The average Bonchev–Trinajstić information content (AvgIpc) is 2.35. The molecule has 2 N–H and O–H groups in total. The average molecular weight is 247 g/mol. The molecule has 1 fully saturated rings. The molecule has 0 bridgehead atoms. The second-order valence-electron chi connectivity index (χ2n) is 6.28. The Bertz CT molecular complexity index is 386. The zero-order valence-electron chi connectivity index (χ0n) is 11.6. The van der Waals surface area contributed by atoms with E-state index in [-0.39, 0.29) is 0 Å². The molecular weight excluding hydrogens is 222 g/mol. The molecule has 0 spiro atoms. The lowest BCUT2D eigenvalue weighted by Gasteiger charge is -2.36. The summed E-state index contributed by atoms with van der Waals surface area (Å²) in [5.74, 6) is 5.86. The monoisotopic (exact) mass is 247 g/mol. The highest BCUT2D eigenvalue weighted by atomic mass is 16.6. The van der Waals surface area contributed by atoms with Crippen molar-refractivity contribution >= 4 is 0 Å². The molecule has 0 amide bonds. The standard InChI is InChI=1S/C16H25NO/c1-16(2)10-5-7-14(12-16)15-8-4-3-6-13(15)9-11-18-17/h3-4,6,8,14H,5,7,9-12,17H2,1-2H3. The third kappa shape index (κ3) is 3.33. The van der Waals surface area contributed by atoms with Crippen LogP contribution in [-0.4, -0.2) is 6.61 Å². The van der Waals surface area contributed by atoms with Gasteiger partial charge in [0, 0.05) is 0 Å².